The number of rotatable bonds is 2. The molecule has 0 spiro atoms. The van der Waals surface area contributed by atoms with Gasteiger partial charge in [0.1, 0.15) is 0 Å². The summed E-state index contributed by atoms with van der Waals surface area (Å²) in [5, 5.41) is 0. The fourth-order valence-corrected chi connectivity index (χ4v) is 2.04. The molecule has 0 heterocycles. The molecule has 1 aliphatic carbocycles. The van der Waals surface area contributed by atoms with Gasteiger partial charge in [0.2, 0.25) is 0 Å². The van der Waals surface area contributed by atoms with E-state index in [0.29, 0.717) is 12.5 Å². The first kappa shape index (κ1) is 9.25. The molecule has 0 aromatic heterocycles. The number of esters is 1. The molecule has 2 nitrogen and oxygen atoms in total. The molecule has 0 N–H and O–H groups in total. The Hall–Kier alpha value is -1.31. The third kappa shape index (κ3) is 1.79. The normalized spacial score (nSPS) is 19.1. The monoisotopic (exact) mass is 190 g/mol. The second-order valence-corrected chi connectivity index (χ2v) is 3.74. The van der Waals surface area contributed by atoms with Crippen LogP contribution >= 0.6 is 0 Å². The van der Waals surface area contributed by atoms with Crippen molar-refractivity contribution in [2.45, 2.75) is 25.7 Å². The molecule has 74 valence electrons. The van der Waals surface area contributed by atoms with Crippen LogP contribution < -0.4 is 0 Å². The Morgan fingerprint density at radius 3 is 3.07 bits per heavy atom. The Bertz CT molecular complexity index is 344. The number of fused-ring (bicyclic) bond motifs is 1. The number of ether oxygens (including phenoxy) is 1. The van der Waals surface area contributed by atoms with Gasteiger partial charge in [-0.05, 0) is 24.0 Å². The van der Waals surface area contributed by atoms with Crippen molar-refractivity contribution in [3.63, 3.8) is 0 Å². The summed E-state index contributed by atoms with van der Waals surface area (Å²) in [6.07, 6.45) is 2.22. The highest BCUT2D eigenvalue weighted by molar-refractivity contribution is 5.66. The molecule has 0 radical (unpaired) electrons. The topological polar surface area (TPSA) is 26.3 Å². The molecule has 2 heteroatoms. The van der Waals surface area contributed by atoms with Gasteiger partial charge in [0.15, 0.2) is 0 Å². The minimum Gasteiger partial charge on any atom is -0.465 e. The zero-order chi connectivity index (χ0) is 9.97. The minimum absolute atomic E-state index is 0.186. The third-order valence-electron chi connectivity index (χ3n) is 2.74. The molecule has 0 amide bonds. The molecule has 14 heavy (non-hydrogen) atoms. The van der Waals surface area contributed by atoms with Crippen LogP contribution in [0.2, 0.25) is 0 Å². The predicted molar refractivity (Wildman–Crippen MR) is 54.1 cm³/mol. The highest BCUT2D eigenvalue weighted by Gasteiger charge is 2.22. The summed E-state index contributed by atoms with van der Waals surface area (Å²) in [4.78, 5) is 10.7. The van der Waals surface area contributed by atoms with Crippen LogP contribution in [0.5, 0.6) is 0 Å². The van der Waals surface area contributed by atoms with Crippen LogP contribution in [0.4, 0.5) is 0 Å². The van der Waals surface area contributed by atoms with Crippen molar-refractivity contribution >= 4 is 5.97 Å². The molecule has 0 fully saturated rings. The first-order valence-electron chi connectivity index (χ1n) is 4.98. The maximum atomic E-state index is 10.7. The largest absolute Gasteiger partial charge is 0.465 e. The van der Waals surface area contributed by atoms with Crippen molar-refractivity contribution < 1.29 is 9.53 Å². The SMILES string of the molecule is CC(=O)OC[C@H]1CCc2ccccc21. The van der Waals surface area contributed by atoms with Crippen molar-refractivity contribution in [3.05, 3.63) is 35.4 Å². The third-order valence-corrected chi connectivity index (χ3v) is 2.74. The summed E-state index contributed by atoms with van der Waals surface area (Å²) in [7, 11) is 0. The quantitative estimate of drug-likeness (QED) is 0.669. The van der Waals surface area contributed by atoms with E-state index in [4.69, 9.17) is 4.74 Å². The van der Waals surface area contributed by atoms with E-state index in [1.54, 1.807) is 0 Å². The predicted octanol–water partition coefficient (Wildman–Crippen LogP) is 2.28. The van der Waals surface area contributed by atoms with E-state index in [-0.39, 0.29) is 5.97 Å². The van der Waals surface area contributed by atoms with E-state index in [1.165, 1.54) is 18.1 Å². The van der Waals surface area contributed by atoms with Crippen molar-refractivity contribution in [2.24, 2.45) is 0 Å². The van der Waals surface area contributed by atoms with Gasteiger partial charge in [-0.2, -0.15) is 0 Å². The summed E-state index contributed by atoms with van der Waals surface area (Å²) in [6.45, 7) is 1.99. The lowest BCUT2D eigenvalue weighted by molar-refractivity contribution is -0.141. The molecule has 0 aliphatic heterocycles. The van der Waals surface area contributed by atoms with Crippen molar-refractivity contribution in [2.75, 3.05) is 6.61 Å². The Labute approximate surface area is 83.9 Å². The first-order valence-corrected chi connectivity index (χ1v) is 4.98. The van der Waals surface area contributed by atoms with Crippen LogP contribution in [0.25, 0.3) is 0 Å². The Morgan fingerprint density at radius 2 is 2.29 bits per heavy atom. The second kappa shape index (κ2) is 3.82. The molecule has 0 bridgehead atoms. The summed E-state index contributed by atoms with van der Waals surface area (Å²) >= 11 is 0. The molecule has 2 rings (SSSR count). The van der Waals surface area contributed by atoms with E-state index in [2.05, 4.69) is 18.2 Å². The Kier molecular flexibility index (Phi) is 2.53. The number of aryl methyl sites for hydroxylation is 1. The molecule has 0 unspecified atom stereocenters. The number of benzene rings is 1. The maximum Gasteiger partial charge on any atom is 0.302 e. The Morgan fingerprint density at radius 1 is 1.50 bits per heavy atom. The maximum absolute atomic E-state index is 10.7. The highest BCUT2D eigenvalue weighted by Crippen LogP contribution is 2.32. The van der Waals surface area contributed by atoms with Gasteiger partial charge in [0.25, 0.3) is 0 Å². The average Bonchev–Trinajstić information content (AvgIpc) is 2.58. The summed E-state index contributed by atoms with van der Waals surface area (Å²) in [5.41, 5.74) is 2.76. The van der Waals surface area contributed by atoms with Crippen molar-refractivity contribution in [1.82, 2.24) is 0 Å². The van der Waals surface area contributed by atoms with E-state index in [1.807, 2.05) is 6.07 Å². The molecule has 1 aromatic rings. The molecular formula is C12H14O2. The van der Waals surface area contributed by atoms with Crippen LogP contribution in [0, 0.1) is 0 Å². The fourth-order valence-electron chi connectivity index (χ4n) is 2.04. The number of carbonyl (C=O) groups is 1. The van der Waals surface area contributed by atoms with Crippen LogP contribution in [0.15, 0.2) is 24.3 Å². The van der Waals surface area contributed by atoms with E-state index in [9.17, 15) is 4.79 Å². The van der Waals surface area contributed by atoms with Gasteiger partial charge in [-0.25, -0.2) is 0 Å². The van der Waals surface area contributed by atoms with Crippen LogP contribution in [-0.2, 0) is 16.0 Å². The van der Waals surface area contributed by atoms with Gasteiger partial charge >= 0.3 is 5.97 Å². The van der Waals surface area contributed by atoms with Gasteiger partial charge < -0.3 is 4.74 Å². The molecular weight excluding hydrogens is 176 g/mol. The molecule has 1 atom stereocenters. The lowest BCUT2D eigenvalue weighted by Gasteiger charge is -2.10. The van der Waals surface area contributed by atoms with Gasteiger partial charge in [0, 0.05) is 12.8 Å². The molecule has 1 aromatic carbocycles. The summed E-state index contributed by atoms with van der Waals surface area (Å²) in [5.74, 6) is 0.226. The van der Waals surface area contributed by atoms with Gasteiger partial charge in [-0.1, -0.05) is 24.3 Å². The summed E-state index contributed by atoms with van der Waals surface area (Å²) < 4.78 is 5.04. The Balaban J connectivity index is 2.07. The van der Waals surface area contributed by atoms with E-state index >= 15 is 0 Å². The standard InChI is InChI=1S/C12H14O2/c1-9(13)14-8-11-7-6-10-4-2-3-5-12(10)11/h2-5,11H,6-8H2,1H3/t11-/m1/s1. The molecule has 0 saturated carbocycles. The lowest BCUT2D eigenvalue weighted by atomic mass is 10.0. The zero-order valence-electron chi connectivity index (χ0n) is 8.32. The van der Waals surface area contributed by atoms with Crippen LogP contribution in [0.3, 0.4) is 0 Å². The van der Waals surface area contributed by atoms with Crippen molar-refractivity contribution in [1.29, 1.82) is 0 Å². The smallest absolute Gasteiger partial charge is 0.302 e. The second-order valence-electron chi connectivity index (χ2n) is 3.74. The van der Waals surface area contributed by atoms with Gasteiger partial charge in [-0.15, -0.1) is 0 Å². The number of hydrogen-bond donors (Lipinski definition) is 0. The van der Waals surface area contributed by atoms with Gasteiger partial charge in [0.05, 0.1) is 6.61 Å². The van der Waals surface area contributed by atoms with E-state index in [0.717, 1.165) is 12.8 Å². The van der Waals surface area contributed by atoms with Crippen LogP contribution in [0.1, 0.15) is 30.4 Å². The summed E-state index contributed by atoms with van der Waals surface area (Å²) in [6, 6.07) is 8.40. The van der Waals surface area contributed by atoms with Crippen LogP contribution in [-0.4, -0.2) is 12.6 Å². The lowest BCUT2D eigenvalue weighted by Crippen LogP contribution is -2.08. The number of carbonyl (C=O) groups excluding carboxylic acids is 1. The average molecular weight is 190 g/mol. The van der Waals surface area contributed by atoms with E-state index < -0.39 is 0 Å². The number of hydrogen-bond acceptors (Lipinski definition) is 2. The van der Waals surface area contributed by atoms with Crippen molar-refractivity contribution in [3.8, 4) is 0 Å². The molecule has 0 saturated heterocycles. The highest BCUT2D eigenvalue weighted by atomic mass is 16.5. The minimum atomic E-state index is -0.186. The fraction of sp³-hybridized carbons (Fsp3) is 0.417. The zero-order valence-corrected chi connectivity index (χ0v) is 8.32. The first-order chi connectivity index (χ1) is 6.77. The van der Waals surface area contributed by atoms with Gasteiger partial charge in [-0.3, -0.25) is 4.79 Å². The molecule has 1 aliphatic rings.